The van der Waals surface area contributed by atoms with Crippen molar-refractivity contribution in [2.24, 2.45) is 0 Å². The predicted molar refractivity (Wildman–Crippen MR) is 88.0 cm³/mol. The number of carbonyl (C=O) groups excluding carboxylic acids is 1. The second kappa shape index (κ2) is 8.09. The van der Waals surface area contributed by atoms with E-state index in [1.165, 1.54) is 6.07 Å². The summed E-state index contributed by atoms with van der Waals surface area (Å²) >= 11 is 0. The average Bonchev–Trinajstić information content (AvgIpc) is 2.97. The normalized spacial score (nSPS) is 10.7. The molecule has 1 aromatic carbocycles. The molecule has 8 nitrogen and oxygen atoms in total. The number of unbranched alkanes of at least 4 members (excludes halogenated alkanes) is 3. The molecule has 0 saturated heterocycles. The second-order valence-electron chi connectivity index (χ2n) is 5.50. The molecule has 0 spiro atoms. The number of carbonyl (C=O) groups is 2. The van der Waals surface area contributed by atoms with E-state index < -0.39 is 10.9 Å². The van der Waals surface area contributed by atoms with Crippen LogP contribution in [-0.2, 0) is 4.79 Å². The van der Waals surface area contributed by atoms with Crippen molar-refractivity contribution in [3.63, 3.8) is 0 Å². The molecule has 0 saturated carbocycles. The Hall–Kier alpha value is -2.90. The summed E-state index contributed by atoms with van der Waals surface area (Å²) in [6.45, 7) is 0.476. The second-order valence-corrected chi connectivity index (χ2v) is 5.50. The number of para-hydroxylation sites is 1. The fraction of sp³-hybridized carbons (Fsp3) is 0.375. The summed E-state index contributed by atoms with van der Waals surface area (Å²) < 4.78 is 0. The number of aromatic nitrogens is 1. The van der Waals surface area contributed by atoms with Crippen LogP contribution in [0.5, 0.6) is 0 Å². The highest BCUT2D eigenvalue weighted by molar-refractivity contribution is 6.00. The average molecular weight is 333 g/mol. The van der Waals surface area contributed by atoms with Crippen molar-refractivity contribution in [1.82, 2.24) is 10.3 Å². The summed E-state index contributed by atoms with van der Waals surface area (Å²) in [4.78, 5) is 35.7. The summed E-state index contributed by atoms with van der Waals surface area (Å²) in [5.41, 5.74) is 0.552. The number of carboxylic acids is 1. The first-order valence-corrected chi connectivity index (χ1v) is 7.75. The van der Waals surface area contributed by atoms with E-state index in [0.29, 0.717) is 23.9 Å². The number of rotatable bonds is 9. The maximum absolute atomic E-state index is 12.1. The fourth-order valence-electron chi connectivity index (χ4n) is 2.47. The summed E-state index contributed by atoms with van der Waals surface area (Å²) in [5, 5.41) is 22.9. The van der Waals surface area contributed by atoms with Crippen molar-refractivity contribution in [3.8, 4) is 0 Å². The van der Waals surface area contributed by atoms with Gasteiger partial charge in [-0.1, -0.05) is 25.0 Å². The van der Waals surface area contributed by atoms with Crippen LogP contribution in [0.3, 0.4) is 0 Å². The van der Waals surface area contributed by atoms with Gasteiger partial charge in [0.15, 0.2) is 0 Å². The summed E-state index contributed by atoms with van der Waals surface area (Å²) in [6, 6.07) is 6.26. The van der Waals surface area contributed by atoms with Crippen molar-refractivity contribution in [2.45, 2.75) is 32.1 Å². The predicted octanol–water partition coefficient (Wildman–Crippen LogP) is 2.84. The molecule has 128 valence electrons. The molecule has 0 radical (unpaired) electrons. The Bertz CT molecular complexity index is 753. The van der Waals surface area contributed by atoms with Crippen LogP contribution in [0.1, 0.15) is 42.6 Å². The van der Waals surface area contributed by atoms with Crippen molar-refractivity contribution < 1.29 is 19.6 Å². The molecular formula is C16H19N3O5. The number of nitro groups is 1. The molecule has 0 fully saturated rings. The number of fused-ring (bicyclic) bond motifs is 1. The van der Waals surface area contributed by atoms with Crippen LogP contribution in [0.2, 0.25) is 0 Å². The number of hydrogen-bond donors (Lipinski definition) is 3. The molecule has 0 unspecified atom stereocenters. The highest BCUT2D eigenvalue weighted by Gasteiger charge is 2.16. The van der Waals surface area contributed by atoms with Gasteiger partial charge in [0.2, 0.25) is 0 Å². The molecule has 2 rings (SSSR count). The number of aliphatic carboxylic acids is 1. The zero-order valence-electron chi connectivity index (χ0n) is 13.1. The smallest absolute Gasteiger partial charge is 0.303 e. The minimum atomic E-state index is -0.795. The molecule has 0 bridgehead atoms. The van der Waals surface area contributed by atoms with Gasteiger partial charge in [0, 0.05) is 24.4 Å². The molecule has 8 heteroatoms. The van der Waals surface area contributed by atoms with Crippen molar-refractivity contribution in [1.29, 1.82) is 0 Å². The Morgan fingerprint density at radius 3 is 2.67 bits per heavy atom. The number of nitrogens with zero attached hydrogens (tertiary/aromatic N) is 1. The first-order chi connectivity index (χ1) is 11.5. The van der Waals surface area contributed by atoms with Crippen LogP contribution in [0.25, 0.3) is 10.9 Å². The maximum Gasteiger partial charge on any atom is 0.303 e. The highest BCUT2D eigenvalue weighted by Crippen LogP contribution is 2.25. The van der Waals surface area contributed by atoms with Gasteiger partial charge in [0.05, 0.1) is 4.92 Å². The van der Waals surface area contributed by atoms with E-state index in [0.717, 1.165) is 19.3 Å². The number of carboxylic acid groups (broad SMARTS) is 1. The topological polar surface area (TPSA) is 125 Å². The summed E-state index contributed by atoms with van der Waals surface area (Å²) in [5.74, 6) is -1.11. The largest absolute Gasteiger partial charge is 0.481 e. The van der Waals surface area contributed by atoms with E-state index in [9.17, 15) is 19.7 Å². The van der Waals surface area contributed by atoms with Gasteiger partial charge >= 0.3 is 5.97 Å². The van der Waals surface area contributed by atoms with Gasteiger partial charge in [0.25, 0.3) is 11.6 Å². The number of aromatic amines is 1. The van der Waals surface area contributed by atoms with Crippen molar-refractivity contribution >= 4 is 28.5 Å². The molecule has 0 atom stereocenters. The van der Waals surface area contributed by atoms with Crippen LogP contribution in [-0.4, -0.2) is 33.4 Å². The Labute approximate surface area is 138 Å². The van der Waals surface area contributed by atoms with Crippen LogP contribution in [0.4, 0.5) is 5.69 Å². The molecular weight excluding hydrogens is 314 g/mol. The quantitative estimate of drug-likeness (QED) is 0.369. The standard InChI is InChI=1S/C16H19N3O5/c20-14(21)8-3-1-2-4-9-17-16(22)12-10-11-6-5-7-13(19(23)24)15(11)18-12/h5-7,10,18H,1-4,8-9H2,(H,17,22)(H,20,21). The molecule has 24 heavy (non-hydrogen) atoms. The number of hydrogen-bond acceptors (Lipinski definition) is 4. The van der Waals surface area contributed by atoms with E-state index in [2.05, 4.69) is 10.3 Å². The lowest BCUT2D eigenvalue weighted by atomic mass is 10.1. The Morgan fingerprint density at radius 1 is 1.21 bits per heavy atom. The first kappa shape index (κ1) is 17.5. The number of nitrogens with one attached hydrogen (secondary N) is 2. The van der Waals surface area contributed by atoms with E-state index in [4.69, 9.17) is 5.11 Å². The minimum Gasteiger partial charge on any atom is -0.481 e. The summed E-state index contributed by atoms with van der Waals surface area (Å²) in [7, 11) is 0. The zero-order valence-corrected chi connectivity index (χ0v) is 13.1. The number of benzene rings is 1. The third-order valence-corrected chi connectivity index (χ3v) is 3.68. The van der Waals surface area contributed by atoms with Crippen LogP contribution >= 0.6 is 0 Å². The van der Waals surface area contributed by atoms with E-state index >= 15 is 0 Å². The Balaban J connectivity index is 1.85. The van der Waals surface area contributed by atoms with Gasteiger partial charge < -0.3 is 15.4 Å². The zero-order chi connectivity index (χ0) is 17.5. The minimum absolute atomic E-state index is 0.0648. The lowest BCUT2D eigenvalue weighted by Crippen LogP contribution is -2.24. The van der Waals surface area contributed by atoms with Crippen molar-refractivity contribution in [3.05, 3.63) is 40.1 Å². The third kappa shape index (κ3) is 4.55. The SMILES string of the molecule is O=C(O)CCCCCCNC(=O)c1cc2cccc([N+](=O)[O-])c2[nH]1. The molecule has 1 aromatic heterocycles. The molecule has 1 amide bonds. The van der Waals surface area contributed by atoms with Gasteiger partial charge in [-0.05, 0) is 18.9 Å². The van der Waals surface area contributed by atoms with Crippen LogP contribution in [0, 0.1) is 10.1 Å². The Kier molecular flexibility index (Phi) is 5.89. The lowest BCUT2D eigenvalue weighted by molar-refractivity contribution is -0.383. The highest BCUT2D eigenvalue weighted by atomic mass is 16.6. The number of H-pyrrole nitrogens is 1. The van der Waals surface area contributed by atoms with Crippen LogP contribution < -0.4 is 5.32 Å². The van der Waals surface area contributed by atoms with Crippen molar-refractivity contribution in [2.75, 3.05) is 6.54 Å². The first-order valence-electron chi connectivity index (χ1n) is 7.75. The van der Waals surface area contributed by atoms with Gasteiger partial charge in [-0.25, -0.2) is 0 Å². The van der Waals surface area contributed by atoms with E-state index in [-0.39, 0.29) is 23.7 Å². The molecule has 0 aliphatic heterocycles. The van der Waals surface area contributed by atoms with Crippen LogP contribution in [0.15, 0.2) is 24.3 Å². The molecule has 3 N–H and O–H groups in total. The molecule has 0 aliphatic rings. The lowest BCUT2D eigenvalue weighted by Gasteiger charge is -2.03. The van der Waals surface area contributed by atoms with E-state index in [1.807, 2.05) is 0 Å². The van der Waals surface area contributed by atoms with E-state index in [1.54, 1.807) is 18.2 Å². The van der Waals surface area contributed by atoms with Gasteiger partial charge in [-0.3, -0.25) is 19.7 Å². The molecule has 2 aromatic rings. The molecule has 0 aliphatic carbocycles. The maximum atomic E-state index is 12.1. The monoisotopic (exact) mass is 333 g/mol. The third-order valence-electron chi connectivity index (χ3n) is 3.68. The number of non-ortho nitro benzene ring substituents is 1. The van der Waals surface area contributed by atoms with Gasteiger partial charge in [-0.15, -0.1) is 0 Å². The fourth-order valence-corrected chi connectivity index (χ4v) is 2.47. The number of nitro benzene ring substituents is 1. The van der Waals surface area contributed by atoms with Gasteiger partial charge in [0.1, 0.15) is 11.2 Å². The number of amides is 1. The Morgan fingerprint density at radius 2 is 1.96 bits per heavy atom. The summed E-state index contributed by atoms with van der Waals surface area (Å²) in [6.07, 6.45) is 3.20. The van der Waals surface area contributed by atoms with Gasteiger partial charge in [-0.2, -0.15) is 0 Å². The molecule has 1 heterocycles.